The summed E-state index contributed by atoms with van der Waals surface area (Å²) in [7, 11) is 1.54. The number of carbonyl (C=O) groups excluding carboxylic acids is 1. The van der Waals surface area contributed by atoms with Crippen LogP contribution in [0.3, 0.4) is 0 Å². The van der Waals surface area contributed by atoms with Crippen LogP contribution >= 0.6 is 0 Å². The molecule has 0 atom stereocenters. The predicted octanol–water partition coefficient (Wildman–Crippen LogP) is 5.99. The minimum absolute atomic E-state index is 0.155. The first-order chi connectivity index (χ1) is 12.2. The molecule has 3 nitrogen and oxygen atoms in total. The zero-order valence-corrected chi connectivity index (χ0v) is 15.9. The van der Waals surface area contributed by atoms with E-state index in [-0.39, 0.29) is 11.5 Å². The first kappa shape index (κ1) is 21.3. The summed E-state index contributed by atoms with van der Waals surface area (Å²) in [5, 5.41) is 9.57. The molecule has 0 unspecified atom stereocenters. The van der Waals surface area contributed by atoms with Gasteiger partial charge < -0.3 is 9.84 Å². The average Bonchev–Trinajstić information content (AvgIpc) is 2.62. The third kappa shape index (κ3) is 9.96. The van der Waals surface area contributed by atoms with Crippen molar-refractivity contribution in [2.75, 3.05) is 7.11 Å². The Morgan fingerprint density at radius 3 is 2.44 bits per heavy atom. The highest BCUT2D eigenvalue weighted by Gasteiger charge is 2.02. The molecule has 0 heterocycles. The molecule has 0 aliphatic rings. The van der Waals surface area contributed by atoms with Crippen LogP contribution in [-0.4, -0.2) is 18.0 Å². The SMILES string of the molecule is CCCCCCCCCCC(=O)C=CCCc1ccc(O)c(OC)c1. The number of ether oxygens (including phenoxy) is 1. The van der Waals surface area contributed by atoms with E-state index in [4.69, 9.17) is 4.74 Å². The third-order valence-electron chi connectivity index (χ3n) is 4.42. The number of carbonyl (C=O) groups is 1. The first-order valence-corrected chi connectivity index (χ1v) is 9.72. The lowest BCUT2D eigenvalue weighted by atomic mass is 10.1. The Bertz CT molecular complexity index is 520. The molecule has 0 bridgehead atoms. The van der Waals surface area contributed by atoms with Gasteiger partial charge in [-0.2, -0.15) is 0 Å². The molecule has 3 heteroatoms. The molecule has 0 saturated carbocycles. The van der Waals surface area contributed by atoms with Gasteiger partial charge in [0.15, 0.2) is 17.3 Å². The van der Waals surface area contributed by atoms with Crippen molar-refractivity contribution in [3.8, 4) is 11.5 Å². The van der Waals surface area contributed by atoms with Gasteiger partial charge in [-0.15, -0.1) is 0 Å². The maximum absolute atomic E-state index is 11.8. The molecular formula is C22H34O3. The lowest BCUT2D eigenvalue weighted by Crippen LogP contribution is -1.93. The molecular weight excluding hydrogens is 312 g/mol. The standard InChI is InChI=1S/C22H34O3/c1-3-4-5-6-7-8-9-10-14-20(23)15-12-11-13-19-16-17-21(24)22(18-19)25-2/h12,15-18,24H,3-11,13-14H2,1-2H3. The Balaban J connectivity index is 2.10. The molecule has 0 radical (unpaired) electrons. The van der Waals surface area contributed by atoms with Crippen LogP contribution in [0, 0.1) is 0 Å². The smallest absolute Gasteiger partial charge is 0.160 e. The molecule has 0 aromatic heterocycles. The van der Waals surface area contributed by atoms with Crippen molar-refractivity contribution in [2.24, 2.45) is 0 Å². The van der Waals surface area contributed by atoms with Gasteiger partial charge in [0, 0.05) is 6.42 Å². The molecule has 0 spiro atoms. The number of rotatable bonds is 14. The number of benzene rings is 1. The molecule has 0 amide bonds. The van der Waals surface area contributed by atoms with Crippen LogP contribution in [0.15, 0.2) is 30.4 Å². The van der Waals surface area contributed by atoms with Crippen LogP contribution in [0.1, 0.15) is 76.7 Å². The van der Waals surface area contributed by atoms with Gasteiger partial charge in [0.25, 0.3) is 0 Å². The first-order valence-electron chi connectivity index (χ1n) is 9.72. The number of aryl methyl sites for hydroxylation is 1. The summed E-state index contributed by atoms with van der Waals surface area (Å²) >= 11 is 0. The zero-order valence-electron chi connectivity index (χ0n) is 15.9. The number of phenolic OH excluding ortho intramolecular Hbond substituents is 1. The molecule has 0 fully saturated rings. The van der Waals surface area contributed by atoms with E-state index in [1.165, 1.54) is 44.9 Å². The minimum Gasteiger partial charge on any atom is -0.504 e. The summed E-state index contributed by atoms with van der Waals surface area (Å²) in [4.78, 5) is 11.8. The Morgan fingerprint density at radius 2 is 1.76 bits per heavy atom. The maximum Gasteiger partial charge on any atom is 0.160 e. The second kappa shape index (κ2) is 13.5. The van der Waals surface area contributed by atoms with Gasteiger partial charge in [0.2, 0.25) is 0 Å². The van der Waals surface area contributed by atoms with Crippen molar-refractivity contribution < 1.29 is 14.6 Å². The summed E-state index contributed by atoms with van der Waals surface area (Å²) in [6, 6.07) is 5.37. The van der Waals surface area contributed by atoms with E-state index in [9.17, 15) is 9.90 Å². The number of ketones is 1. The Morgan fingerprint density at radius 1 is 1.08 bits per heavy atom. The number of allylic oxidation sites excluding steroid dienone is 2. The van der Waals surface area contributed by atoms with E-state index in [0.717, 1.165) is 24.8 Å². The lowest BCUT2D eigenvalue weighted by molar-refractivity contribution is -0.114. The second-order valence-corrected chi connectivity index (χ2v) is 6.64. The lowest BCUT2D eigenvalue weighted by Gasteiger charge is -2.05. The topological polar surface area (TPSA) is 46.5 Å². The quantitative estimate of drug-likeness (QED) is 0.332. The fourth-order valence-corrected chi connectivity index (χ4v) is 2.86. The van der Waals surface area contributed by atoms with Gasteiger partial charge in [-0.25, -0.2) is 0 Å². The monoisotopic (exact) mass is 346 g/mol. The van der Waals surface area contributed by atoms with Gasteiger partial charge in [-0.3, -0.25) is 4.79 Å². The third-order valence-corrected chi connectivity index (χ3v) is 4.42. The fraction of sp³-hybridized carbons (Fsp3) is 0.591. The van der Waals surface area contributed by atoms with Crippen molar-refractivity contribution in [3.63, 3.8) is 0 Å². The number of unbranched alkanes of at least 4 members (excludes halogenated alkanes) is 7. The fourth-order valence-electron chi connectivity index (χ4n) is 2.86. The van der Waals surface area contributed by atoms with E-state index in [2.05, 4.69) is 6.92 Å². The van der Waals surface area contributed by atoms with Crippen molar-refractivity contribution in [1.29, 1.82) is 0 Å². The Kier molecular flexibility index (Phi) is 11.5. The van der Waals surface area contributed by atoms with Crippen LogP contribution in [-0.2, 0) is 11.2 Å². The molecule has 1 rings (SSSR count). The van der Waals surface area contributed by atoms with E-state index in [1.54, 1.807) is 19.3 Å². The van der Waals surface area contributed by atoms with Gasteiger partial charge in [0.05, 0.1) is 7.11 Å². The average molecular weight is 347 g/mol. The number of phenols is 1. The number of hydrogen-bond donors (Lipinski definition) is 1. The molecule has 1 aromatic rings. The van der Waals surface area contributed by atoms with Crippen LogP contribution in [0.2, 0.25) is 0 Å². The summed E-state index contributed by atoms with van der Waals surface area (Å²) in [5.74, 6) is 0.879. The number of methoxy groups -OCH3 is 1. The summed E-state index contributed by atoms with van der Waals surface area (Å²) in [5.41, 5.74) is 1.09. The van der Waals surface area contributed by atoms with Crippen LogP contribution < -0.4 is 4.74 Å². The van der Waals surface area contributed by atoms with Crippen molar-refractivity contribution in [2.45, 2.75) is 77.6 Å². The van der Waals surface area contributed by atoms with Gasteiger partial charge >= 0.3 is 0 Å². The van der Waals surface area contributed by atoms with Crippen LogP contribution in [0.25, 0.3) is 0 Å². The molecule has 0 aliphatic heterocycles. The van der Waals surface area contributed by atoms with Gasteiger partial charge in [0.1, 0.15) is 0 Å². The predicted molar refractivity (Wildman–Crippen MR) is 104 cm³/mol. The summed E-state index contributed by atoms with van der Waals surface area (Å²) in [6.07, 6.45) is 16.0. The summed E-state index contributed by atoms with van der Waals surface area (Å²) in [6.45, 7) is 2.24. The minimum atomic E-state index is 0.155. The van der Waals surface area contributed by atoms with Crippen molar-refractivity contribution in [3.05, 3.63) is 35.9 Å². The molecule has 0 saturated heterocycles. The molecule has 1 aromatic carbocycles. The van der Waals surface area contributed by atoms with E-state index in [1.807, 2.05) is 18.2 Å². The maximum atomic E-state index is 11.8. The summed E-state index contributed by atoms with van der Waals surface area (Å²) < 4.78 is 5.10. The normalized spacial score (nSPS) is 11.1. The highest BCUT2D eigenvalue weighted by atomic mass is 16.5. The van der Waals surface area contributed by atoms with Crippen molar-refractivity contribution in [1.82, 2.24) is 0 Å². The Labute approximate surface area is 153 Å². The molecule has 0 aliphatic carbocycles. The van der Waals surface area contributed by atoms with Crippen LogP contribution in [0.5, 0.6) is 11.5 Å². The van der Waals surface area contributed by atoms with Crippen LogP contribution in [0.4, 0.5) is 0 Å². The van der Waals surface area contributed by atoms with E-state index in [0.29, 0.717) is 12.2 Å². The van der Waals surface area contributed by atoms with Gasteiger partial charge in [-0.1, -0.05) is 64.0 Å². The largest absolute Gasteiger partial charge is 0.504 e. The highest BCUT2D eigenvalue weighted by molar-refractivity contribution is 5.89. The van der Waals surface area contributed by atoms with Crippen molar-refractivity contribution >= 4 is 5.78 Å². The van der Waals surface area contributed by atoms with E-state index < -0.39 is 0 Å². The highest BCUT2D eigenvalue weighted by Crippen LogP contribution is 2.26. The number of hydrogen-bond acceptors (Lipinski definition) is 3. The van der Waals surface area contributed by atoms with E-state index >= 15 is 0 Å². The zero-order chi connectivity index (χ0) is 18.3. The second-order valence-electron chi connectivity index (χ2n) is 6.64. The molecule has 1 N–H and O–H groups in total. The molecule has 140 valence electrons. The Hall–Kier alpha value is -1.77. The molecule has 25 heavy (non-hydrogen) atoms. The van der Waals surface area contributed by atoms with Gasteiger partial charge in [-0.05, 0) is 43.0 Å². The number of aromatic hydroxyl groups is 1.